The van der Waals surface area contributed by atoms with Gasteiger partial charge in [0.15, 0.2) is 17.5 Å². The lowest BCUT2D eigenvalue weighted by atomic mass is 9.68. The van der Waals surface area contributed by atoms with Crippen molar-refractivity contribution in [2.24, 2.45) is 0 Å². The first-order valence-corrected chi connectivity index (χ1v) is 20.3. The van der Waals surface area contributed by atoms with Crippen molar-refractivity contribution in [3.63, 3.8) is 0 Å². The van der Waals surface area contributed by atoms with Crippen molar-refractivity contribution in [1.82, 2.24) is 19.5 Å². The zero-order valence-corrected chi connectivity index (χ0v) is 33.5. The SMILES string of the molecule is Bc1c(-c2nc(-c3ccccc3)nc(-c3ccccc3)n2)c(B)c2oc3c(B)c(-n4c5ccccc5c5c6sc7ccccc7c6ccc54)c(B)c(B)c3c2c1B. The zero-order chi connectivity index (χ0) is 38.7. The largest absolute Gasteiger partial charge is 0.457 e. The maximum absolute atomic E-state index is 7.17. The van der Waals surface area contributed by atoms with Gasteiger partial charge in [-0.15, -0.1) is 11.3 Å². The van der Waals surface area contributed by atoms with Crippen LogP contribution in [0.4, 0.5) is 0 Å². The minimum absolute atomic E-state index is 0.645. The Balaban J connectivity index is 1.19. The summed E-state index contributed by atoms with van der Waals surface area (Å²) in [7, 11) is 13.3. The third-order valence-electron chi connectivity index (χ3n) is 12.3. The Kier molecular flexibility index (Phi) is 7.55. The van der Waals surface area contributed by atoms with Crippen LogP contribution in [0, 0.1) is 0 Å². The topological polar surface area (TPSA) is 56.7 Å². The monoisotopic (exact) mass is 742 g/mol. The molecule has 0 unspecified atom stereocenters. The zero-order valence-electron chi connectivity index (χ0n) is 32.7. The molecule has 7 aromatic carbocycles. The van der Waals surface area contributed by atoms with E-state index in [1.165, 1.54) is 69.4 Å². The highest BCUT2D eigenvalue weighted by Crippen LogP contribution is 2.43. The van der Waals surface area contributed by atoms with Crippen LogP contribution >= 0.6 is 11.3 Å². The summed E-state index contributed by atoms with van der Waals surface area (Å²) in [5, 5.41) is 7.53. The van der Waals surface area contributed by atoms with Gasteiger partial charge in [0, 0.05) is 64.1 Å². The number of hydrogen-bond donors (Lipinski definition) is 0. The smallest absolute Gasteiger partial charge is 0.164 e. The van der Waals surface area contributed by atoms with Gasteiger partial charge in [-0.05, 0) is 29.1 Å². The molecule has 0 atom stereocenters. The standard InChI is InChI=1S/C45H32B6N4OS/c46-33-30-31-34(47)37(50)39(55-26-17-9-7-16-25(26)29-27(55)20-19-24-23-15-8-10-18-28(23)57-42(24)29)38(51)41(31)56-40(30)36(49)32(35(33)48)45-53-43(21-11-3-1-4-12-21)52-44(54-45)22-13-5-2-6-14-22/h1-20H,46-51H2. The molecule has 0 radical (unpaired) electrons. The number of nitrogens with zero attached hydrogens (tertiary/aromatic N) is 4. The van der Waals surface area contributed by atoms with Crippen LogP contribution < -0.4 is 32.8 Å². The van der Waals surface area contributed by atoms with Gasteiger partial charge >= 0.3 is 0 Å². The minimum atomic E-state index is 0.645. The lowest BCUT2D eigenvalue weighted by molar-refractivity contribution is 0.674. The normalized spacial score (nSPS) is 11.9. The van der Waals surface area contributed by atoms with E-state index < -0.39 is 0 Å². The molecule has 0 saturated heterocycles. The summed E-state index contributed by atoms with van der Waals surface area (Å²) in [6, 6.07) is 42.6. The van der Waals surface area contributed by atoms with E-state index in [9.17, 15) is 0 Å². The molecule has 0 spiro atoms. The molecule has 0 aliphatic carbocycles. The van der Waals surface area contributed by atoms with Gasteiger partial charge in [0.2, 0.25) is 0 Å². The van der Waals surface area contributed by atoms with Crippen molar-refractivity contribution in [2.45, 2.75) is 0 Å². The summed E-state index contributed by atoms with van der Waals surface area (Å²) < 4.78 is 12.3. The van der Waals surface area contributed by atoms with Crippen molar-refractivity contribution in [2.75, 3.05) is 0 Å². The van der Waals surface area contributed by atoms with E-state index in [1.807, 2.05) is 47.7 Å². The second kappa shape index (κ2) is 12.6. The first-order valence-electron chi connectivity index (χ1n) is 19.5. The summed E-state index contributed by atoms with van der Waals surface area (Å²) >= 11 is 1.89. The molecule has 11 aromatic rings. The van der Waals surface area contributed by atoms with Crippen molar-refractivity contribution >= 4 is 155 Å². The number of rotatable bonds is 4. The predicted molar refractivity (Wildman–Crippen MR) is 260 cm³/mol. The van der Waals surface area contributed by atoms with Gasteiger partial charge in [-0.1, -0.05) is 125 Å². The molecule has 11 rings (SSSR count). The van der Waals surface area contributed by atoms with E-state index in [2.05, 4.69) is 137 Å². The highest BCUT2D eigenvalue weighted by atomic mass is 32.1. The molecule has 0 N–H and O–H groups in total. The summed E-state index contributed by atoms with van der Waals surface area (Å²) in [6.07, 6.45) is 0. The van der Waals surface area contributed by atoms with Crippen LogP contribution in [-0.2, 0) is 0 Å². The van der Waals surface area contributed by atoms with Crippen LogP contribution in [-0.4, -0.2) is 66.6 Å². The first kappa shape index (κ1) is 34.0. The van der Waals surface area contributed by atoms with Crippen LogP contribution in [0.25, 0.3) is 104 Å². The van der Waals surface area contributed by atoms with Crippen molar-refractivity contribution < 1.29 is 4.42 Å². The lowest BCUT2D eigenvalue weighted by Gasteiger charge is -2.19. The Morgan fingerprint density at radius 2 is 1.00 bits per heavy atom. The molecule has 0 amide bonds. The second-order valence-electron chi connectivity index (χ2n) is 15.3. The Morgan fingerprint density at radius 3 is 1.68 bits per heavy atom. The molecule has 0 aliphatic heterocycles. The van der Waals surface area contributed by atoms with Gasteiger partial charge in [0.1, 0.15) is 58.2 Å². The summed E-state index contributed by atoms with van der Waals surface area (Å²) in [4.78, 5) is 15.3. The maximum atomic E-state index is 7.17. The van der Waals surface area contributed by atoms with Gasteiger partial charge in [0.05, 0.1) is 11.0 Å². The van der Waals surface area contributed by atoms with E-state index in [0.29, 0.717) is 17.5 Å². The van der Waals surface area contributed by atoms with Crippen LogP contribution in [0.1, 0.15) is 0 Å². The van der Waals surface area contributed by atoms with E-state index >= 15 is 0 Å². The number of benzene rings is 7. The van der Waals surface area contributed by atoms with Crippen LogP contribution in [0.5, 0.6) is 0 Å². The lowest BCUT2D eigenvalue weighted by Crippen LogP contribution is -2.38. The molecule has 0 saturated carbocycles. The average molecular weight is 742 g/mol. The molecular formula is C45H32B6N4OS. The number of hydrogen-bond acceptors (Lipinski definition) is 5. The number of para-hydroxylation sites is 1. The van der Waals surface area contributed by atoms with Gasteiger partial charge < -0.3 is 8.98 Å². The van der Waals surface area contributed by atoms with E-state index in [4.69, 9.17) is 19.4 Å². The number of furan rings is 1. The molecule has 4 aromatic heterocycles. The number of thiophene rings is 1. The minimum Gasteiger partial charge on any atom is -0.457 e. The Hall–Kier alpha value is -6.24. The van der Waals surface area contributed by atoms with Gasteiger partial charge in [0.25, 0.3) is 0 Å². The third kappa shape index (κ3) is 4.86. The van der Waals surface area contributed by atoms with Crippen molar-refractivity contribution in [3.05, 3.63) is 121 Å². The van der Waals surface area contributed by atoms with Gasteiger partial charge in [-0.25, -0.2) is 15.0 Å². The Morgan fingerprint density at radius 1 is 0.439 bits per heavy atom. The molecule has 262 valence electrons. The fraction of sp³-hybridized carbons (Fsp3) is 0. The molecule has 12 heteroatoms. The Bertz CT molecular complexity index is 3430. The van der Waals surface area contributed by atoms with E-state index in [1.54, 1.807) is 0 Å². The van der Waals surface area contributed by atoms with Gasteiger partial charge in [-0.3, -0.25) is 0 Å². The quantitative estimate of drug-likeness (QED) is 0.259. The predicted octanol–water partition coefficient (Wildman–Crippen LogP) is 1.79. The summed E-state index contributed by atoms with van der Waals surface area (Å²) in [5.41, 5.74) is 15.2. The molecule has 5 nitrogen and oxygen atoms in total. The first-order chi connectivity index (χ1) is 27.8. The van der Waals surface area contributed by atoms with Gasteiger partial charge in [-0.2, -0.15) is 0 Å². The summed E-state index contributed by atoms with van der Waals surface area (Å²) in [6.45, 7) is 0. The molecule has 4 heterocycles. The van der Waals surface area contributed by atoms with Crippen LogP contribution in [0.2, 0.25) is 0 Å². The molecule has 0 fully saturated rings. The van der Waals surface area contributed by atoms with Crippen LogP contribution in [0.3, 0.4) is 0 Å². The van der Waals surface area contributed by atoms with E-state index in [-0.39, 0.29) is 0 Å². The fourth-order valence-electron chi connectivity index (χ4n) is 9.27. The Labute approximate surface area is 338 Å². The van der Waals surface area contributed by atoms with E-state index in [0.717, 1.165) is 49.6 Å². The highest BCUT2D eigenvalue weighted by molar-refractivity contribution is 7.26. The number of fused-ring (bicyclic) bond motifs is 10. The summed E-state index contributed by atoms with van der Waals surface area (Å²) in [5.74, 6) is 1.93. The van der Waals surface area contributed by atoms with Crippen molar-refractivity contribution in [3.8, 4) is 39.9 Å². The third-order valence-corrected chi connectivity index (χ3v) is 13.5. The molecular weight excluding hydrogens is 709 g/mol. The molecule has 0 aliphatic rings. The average Bonchev–Trinajstić information content (AvgIpc) is 3.94. The molecule has 57 heavy (non-hydrogen) atoms. The van der Waals surface area contributed by atoms with Crippen molar-refractivity contribution in [1.29, 1.82) is 0 Å². The second-order valence-corrected chi connectivity index (χ2v) is 16.4. The van der Waals surface area contributed by atoms with Crippen LogP contribution in [0.15, 0.2) is 126 Å². The highest BCUT2D eigenvalue weighted by Gasteiger charge is 2.27. The maximum Gasteiger partial charge on any atom is 0.164 e. The molecule has 0 bridgehead atoms. The fourth-order valence-corrected chi connectivity index (χ4v) is 10.5. The number of aromatic nitrogens is 4.